The van der Waals surface area contributed by atoms with E-state index < -0.39 is 0 Å². The van der Waals surface area contributed by atoms with E-state index in [4.69, 9.17) is 10.5 Å². The van der Waals surface area contributed by atoms with Crippen LogP contribution in [0.5, 0.6) is 5.75 Å². The lowest BCUT2D eigenvalue weighted by Gasteiger charge is -2.19. The molecule has 0 aromatic heterocycles. The van der Waals surface area contributed by atoms with Crippen molar-refractivity contribution in [1.29, 1.82) is 0 Å². The van der Waals surface area contributed by atoms with Crippen molar-refractivity contribution < 1.29 is 4.74 Å². The van der Waals surface area contributed by atoms with Crippen LogP contribution in [0.2, 0.25) is 0 Å². The lowest BCUT2D eigenvalue weighted by atomic mass is 10.1. The minimum Gasteiger partial charge on any atom is -0.492 e. The van der Waals surface area contributed by atoms with E-state index in [-0.39, 0.29) is 0 Å². The van der Waals surface area contributed by atoms with Gasteiger partial charge in [0.1, 0.15) is 12.4 Å². The Morgan fingerprint density at radius 2 is 2.10 bits per heavy atom. The van der Waals surface area contributed by atoms with E-state index in [0.29, 0.717) is 6.61 Å². The number of fused-ring (bicyclic) bond motifs is 1. The molecule has 2 aromatic rings. The van der Waals surface area contributed by atoms with Crippen LogP contribution >= 0.6 is 15.9 Å². The second-order valence-corrected chi connectivity index (χ2v) is 5.85. The summed E-state index contributed by atoms with van der Waals surface area (Å²) in [6.07, 6.45) is 1.09. The normalized spacial score (nSPS) is 13.3. The van der Waals surface area contributed by atoms with Crippen molar-refractivity contribution in [3.63, 3.8) is 0 Å². The zero-order valence-corrected chi connectivity index (χ0v) is 12.8. The van der Waals surface area contributed by atoms with E-state index >= 15 is 0 Å². The Labute approximate surface area is 127 Å². The molecule has 104 valence electrons. The third-order valence-electron chi connectivity index (χ3n) is 3.53. The number of ether oxygens (including phenoxy) is 1. The van der Waals surface area contributed by atoms with Crippen molar-refractivity contribution in [3.8, 4) is 5.75 Å². The van der Waals surface area contributed by atoms with Crippen molar-refractivity contribution in [2.45, 2.75) is 6.42 Å². The first-order valence-electron chi connectivity index (χ1n) is 6.74. The van der Waals surface area contributed by atoms with Crippen LogP contribution in [0.3, 0.4) is 0 Å². The molecule has 3 nitrogen and oxygen atoms in total. The second-order valence-electron chi connectivity index (χ2n) is 4.93. The largest absolute Gasteiger partial charge is 0.492 e. The number of hydrogen-bond donors (Lipinski definition) is 1. The summed E-state index contributed by atoms with van der Waals surface area (Å²) in [6.45, 7) is 2.59. The van der Waals surface area contributed by atoms with E-state index in [9.17, 15) is 0 Å². The van der Waals surface area contributed by atoms with Crippen molar-refractivity contribution in [3.05, 3.63) is 52.5 Å². The van der Waals surface area contributed by atoms with Crippen LogP contribution in [0.25, 0.3) is 0 Å². The summed E-state index contributed by atoms with van der Waals surface area (Å²) in [4.78, 5) is 2.34. The first-order valence-corrected chi connectivity index (χ1v) is 7.53. The van der Waals surface area contributed by atoms with Crippen LogP contribution in [-0.2, 0) is 6.42 Å². The molecule has 1 heterocycles. The summed E-state index contributed by atoms with van der Waals surface area (Å²) in [7, 11) is 0. The molecule has 0 unspecified atom stereocenters. The van der Waals surface area contributed by atoms with Gasteiger partial charge in [-0.15, -0.1) is 0 Å². The summed E-state index contributed by atoms with van der Waals surface area (Å²) < 4.78 is 6.83. The number of rotatable bonds is 4. The number of nitrogens with zero attached hydrogens (tertiary/aromatic N) is 1. The Morgan fingerprint density at radius 1 is 1.20 bits per heavy atom. The standard InChI is InChI=1S/C16H17BrN2O/c17-13-2-1-3-15(10-13)20-9-8-19-7-6-12-4-5-14(18)11-16(12)19/h1-5,10-11H,6-9,18H2. The summed E-state index contributed by atoms with van der Waals surface area (Å²) in [6, 6.07) is 14.1. The molecular formula is C16H17BrN2O. The van der Waals surface area contributed by atoms with Gasteiger partial charge in [-0.05, 0) is 42.3 Å². The smallest absolute Gasteiger partial charge is 0.120 e. The van der Waals surface area contributed by atoms with Crippen LogP contribution < -0.4 is 15.4 Å². The third kappa shape index (κ3) is 2.90. The molecule has 0 bridgehead atoms. The fraction of sp³-hybridized carbons (Fsp3) is 0.250. The molecule has 0 amide bonds. The quantitative estimate of drug-likeness (QED) is 0.871. The molecule has 0 saturated carbocycles. The van der Waals surface area contributed by atoms with Crippen LogP contribution in [0.1, 0.15) is 5.56 Å². The highest BCUT2D eigenvalue weighted by Gasteiger charge is 2.18. The summed E-state index contributed by atoms with van der Waals surface area (Å²) >= 11 is 3.45. The maximum Gasteiger partial charge on any atom is 0.120 e. The maximum atomic E-state index is 5.87. The predicted octanol–water partition coefficient (Wildman–Crippen LogP) is 3.47. The molecule has 2 aromatic carbocycles. The number of nitrogens with two attached hydrogens (primary N) is 1. The van der Waals surface area contributed by atoms with Gasteiger partial charge in [-0.3, -0.25) is 0 Å². The SMILES string of the molecule is Nc1ccc2c(c1)N(CCOc1cccc(Br)c1)CC2. The fourth-order valence-electron chi connectivity index (χ4n) is 2.53. The molecule has 0 aliphatic carbocycles. The molecule has 0 spiro atoms. The van der Waals surface area contributed by atoms with Gasteiger partial charge in [0.25, 0.3) is 0 Å². The topological polar surface area (TPSA) is 38.5 Å². The van der Waals surface area contributed by atoms with Crippen molar-refractivity contribution in [2.75, 3.05) is 30.3 Å². The molecule has 1 aliphatic heterocycles. The van der Waals surface area contributed by atoms with E-state index in [0.717, 1.165) is 35.4 Å². The summed E-state index contributed by atoms with van der Waals surface area (Å²) in [5.41, 5.74) is 9.32. The first-order chi connectivity index (χ1) is 9.72. The molecule has 0 saturated heterocycles. The van der Waals surface area contributed by atoms with Gasteiger partial charge in [0.15, 0.2) is 0 Å². The number of hydrogen-bond acceptors (Lipinski definition) is 3. The van der Waals surface area contributed by atoms with Gasteiger partial charge >= 0.3 is 0 Å². The van der Waals surface area contributed by atoms with Crippen molar-refractivity contribution in [1.82, 2.24) is 0 Å². The average molecular weight is 333 g/mol. The molecule has 0 radical (unpaired) electrons. The molecule has 1 aliphatic rings. The molecule has 2 N–H and O–H groups in total. The zero-order valence-electron chi connectivity index (χ0n) is 11.2. The Kier molecular flexibility index (Phi) is 3.83. The van der Waals surface area contributed by atoms with Crippen molar-refractivity contribution in [2.24, 2.45) is 0 Å². The van der Waals surface area contributed by atoms with Crippen LogP contribution in [0.15, 0.2) is 46.9 Å². The Hall–Kier alpha value is -1.68. The molecule has 0 atom stereocenters. The van der Waals surface area contributed by atoms with E-state index in [1.807, 2.05) is 30.3 Å². The number of benzene rings is 2. The van der Waals surface area contributed by atoms with Gasteiger partial charge in [0, 0.05) is 22.4 Å². The monoisotopic (exact) mass is 332 g/mol. The van der Waals surface area contributed by atoms with Crippen molar-refractivity contribution >= 4 is 27.3 Å². The maximum absolute atomic E-state index is 5.87. The number of nitrogen functional groups attached to an aromatic ring is 1. The Morgan fingerprint density at radius 3 is 2.95 bits per heavy atom. The first kappa shape index (κ1) is 13.3. The highest BCUT2D eigenvalue weighted by atomic mass is 79.9. The predicted molar refractivity (Wildman–Crippen MR) is 86.4 cm³/mol. The minimum atomic E-state index is 0.671. The van der Waals surface area contributed by atoms with Gasteiger partial charge < -0.3 is 15.4 Å². The average Bonchev–Trinajstić information content (AvgIpc) is 2.82. The zero-order chi connectivity index (χ0) is 13.9. The van der Waals surface area contributed by atoms with Gasteiger partial charge in [0.05, 0.1) is 6.54 Å². The second kappa shape index (κ2) is 5.75. The van der Waals surface area contributed by atoms with Gasteiger partial charge in [-0.1, -0.05) is 28.1 Å². The fourth-order valence-corrected chi connectivity index (χ4v) is 2.90. The highest BCUT2D eigenvalue weighted by molar-refractivity contribution is 9.10. The summed E-state index contributed by atoms with van der Waals surface area (Å²) in [5, 5.41) is 0. The van der Waals surface area contributed by atoms with E-state index in [2.05, 4.69) is 33.0 Å². The van der Waals surface area contributed by atoms with Crippen LogP contribution in [0.4, 0.5) is 11.4 Å². The summed E-state index contributed by atoms with van der Waals surface area (Å²) in [5.74, 6) is 0.895. The number of anilines is 2. The molecule has 0 fully saturated rings. The van der Waals surface area contributed by atoms with Gasteiger partial charge in [0.2, 0.25) is 0 Å². The minimum absolute atomic E-state index is 0.671. The van der Waals surface area contributed by atoms with Gasteiger partial charge in [-0.2, -0.15) is 0 Å². The molecule has 4 heteroatoms. The van der Waals surface area contributed by atoms with Gasteiger partial charge in [-0.25, -0.2) is 0 Å². The van der Waals surface area contributed by atoms with E-state index in [1.165, 1.54) is 11.3 Å². The lowest BCUT2D eigenvalue weighted by molar-refractivity contribution is 0.324. The Bertz CT molecular complexity index is 615. The van der Waals surface area contributed by atoms with Crippen LogP contribution in [0, 0.1) is 0 Å². The highest BCUT2D eigenvalue weighted by Crippen LogP contribution is 2.29. The molecule has 3 rings (SSSR count). The Balaban J connectivity index is 1.59. The number of halogens is 1. The van der Waals surface area contributed by atoms with Crippen LogP contribution in [-0.4, -0.2) is 19.7 Å². The lowest BCUT2D eigenvalue weighted by Crippen LogP contribution is -2.26. The van der Waals surface area contributed by atoms with E-state index in [1.54, 1.807) is 0 Å². The molecule has 20 heavy (non-hydrogen) atoms. The third-order valence-corrected chi connectivity index (χ3v) is 4.02. The molecular weight excluding hydrogens is 316 g/mol.